The van der Waals surface area contributed by atoms with Crippen LogP contribution in [0.15, 0.2) is 41.1 Å². The highest BCUT2D eigenvalue weighted by Crippen LogP contribution is 2.22. The summed E-state index contributed by atoms with van der Waals surface area (Å²) in [5, 5.41) is 22.5. The molecule has 2 heterocycles. The average Bonchev–Trinajstić information content (AvgIpc) is 3.39. The minimum absolute atomic E-state index is 0.104. The lowest BCUT2D eigenvalue weighted by Gasteiger charge is -2.22. The second kappa shape index (κ2) is 9.18. The maximum atomic E-state index is 12.1. The van der Waals surface area contributed by atoms with Crippen molar-refractivity contribution in [3.05, 3.63) is 52.2 Å². The fourth-order valence-corrected chi connectivity index (χ4v) is 3.72. The zero-order valence-electron chi connectivity index (χ0n) is 15.7. The summed E-state index contributed by atoms with van der Waals surface area (Å²) in [6.45, 7) is 2.69. The molecule has 1 aromatic heterocycles. The first kappa shape index (κ1) is 20.3. The van der Waals surface area contributed by atoms with Gasteiger partial charge in [0.25, 0.3) is 5.91 Å². The van der Waals surface area contributed by atoms with Crippen LogP contribution in [-0.4, -0.2) is 36.3 Å². The predicted octanol–water partition coefficient (Wildman–Crippen LogP) is 2.57. The molecule has 150 valence electrons. The van der Waals surface area contributed by atoms with Crippen molar-refractivity contribution in [1.29, 1.82) is 0 Å². The SMILES string of the molecule is CC(O)(CNC(=O)NCc1cccc(NC(=O)C2CCCO2)c1)c1ccsc1. The molecule has 0 spiro atoms. The molecule has 3 rings (SSSR count). The number of urea groups is 1. The Hall–Kier alpha value is -2.42. The fourth-order valence-electron chi connectivity index (χ4n) is 2.94. The lowest BCUT2D eigenvalue weighted by Crippen LogP contribution is -2.43. The van der Waals surface area contributed by atoms with E-state index in [1.165, 1.54) is 11.3 Å². The van der Waals surface area contributed by atoms with Gasteiger partial charge in [-0.1, -0.05) is 12.1 Å². The van der Waals surface area contributed by atoms with Crippen molar-refractivity contribution < 1.29 is 19.4 Å². The van der Waals surface area contributed by atoms with Crippen molar-refractivity contribution in [2.45, 2.75) is 38.0 Å². The van der Waals surface area contributed by atoms with Crippen molar-refractivity contribution in [2.75, 3.05) is 18.5 Å². The number of thiophene rings is 1. The van der Waals surface area contributed by atoms with E-state index in [0.717, 1.165) is 24.0 Å². The summed E-state index contributed by atoms with van der Waals surface area (Å²) in [7, 11) is 0. The summed E-state index contributed by atoms with van der Waals surface area (Å²) >= 11 is 1.50. The molecule has 1 aliphatic heterocycles. The maximum Gasteiger partial charge on any atom is 0.315 e. The first-order chi connectivity index (χ1) is 13.4. The third kappa shape index (κ3) is 5.54. The highest BCUT2D eigenvalue weighted by atomic mass is 32.1. The van der Waals surface area contributed by atoms with Gasteiger partial charge in [-0.05, 0) is 59.9 Å². The van der Waals surface area contributed by atoms with Gasteiger partial charge >= 0.3 is 6.03 Å². The largest absolute Gasteiger partial charge is 0.384 e. The van der Waals surface area contributed by atoms with E-state index >= 15 is 0 Å². The molecular weight excluding hydrogens is 378 g/mol. The summed E-state index contributed by atoms with van der Waals surface area (Å²) in [5.41, 5.74) is 1.17. The fraction of sp³-hybridized carbons (Fsp3) is 0.400. The number of hydrogen-bond acceptors (Lipinski definition) is 5. The molecule has 2 aromatic rings. The monoisotopic (exact) mass is 403 g/mol. The van der Waals surface area contributed by atoms with Gasteiger partial charge in [-0.25, -0.2) is 4.79 Å². The standard InChI is InChI=1S/C20H25N3O4S/c1-20(26,15-7-9-28-12-15)13-22-19(25)21-11-14-4-2-5-16(10-14)23-18(24)17-6-3-8-27-17/h2,4-5,7,9-10,12,17,26H,3,6,8,11,13H2,1H3,(H,23,24)(H2,21,22,25). The van der Waals surface area contributed by atoms with Crippen molar-refractivity contribution in [3.8, 4) is 0 Å². The van der Waals surface area contributed by atoms with Crippen molar-refractivity contribution in [2.24, 2.45) is 0 Å². The molecular formula is C20H25N3O4S. The molecule has 7 nitrogen and oxygen atoms in total. The van der Waals surface area contributed by atoms with E-state index in [4.69, 9.17) is 4.74 Å². The molecule has 28 heavy (non-hydrogen) atoms. The summed E-state index contributed by atoms with van der Waals surface area (Å²) in [6, 6.07) is 8.76. The number of nitrogens with one attached hydrogen (secondary N) is 3. The number of benzene rings is 1. The first-order valence-corrected chi connectivity index (χ1v) is 10.2. The molecule has 0 radical (unpaired) electrons. The Bertz CT molecular complexity index is 802. The maximum absolute atomic E-state index is 12.1. The van der Waals surface area contributed by atoms with Crippen LogP contribution >= 0.6 is 11.3 Å². The van der Waals surface area contributed by atoms with Crippen LogP contribution in [0.3, 0.4) is 0 Å². The Morgan fingerprint density at radius 2 is 2.18 bits per heavy atom. The van der Waals surface area contributed by atoms with Crippen molar-refractivity contribution >= 4 is 29.0 Å². The second-order valence-electron chi connectivity index (χ2n) is 7.01. The Balaban J connectivity index is 1.46. The van der Waals surface area contributed by atoms with E-state index < -0.39 is 5.60 Å². The van der Waals surface area contributed by atoms with E-state index in [0.29, 0.717) is 18.8 Å². The Morgan fingerprint density at radius 1 is 1.32 bits per heavy atom. The molecule has 3 amide bonds. The average molecular weight is 404 g/mol. The second-order valence-corrected chi connectivity index (χ2v) is 7.79. The first-order valence-electron chi connectivity index (χ1n) is 9.22. The lowest BCUT2D eigenvalue weighted by molar-refractivity contribution is -0.124. The van der Waals surface area contributed by atoms with E-state index in [2.05, 4.69) is 16.0 Å². The molecule has 0 bridgehead atoms. The number of carbonyl (C=O) groups is 2. The van der Waals surface area contributed by atoms with Gasteiger partial charge in [0.05, 0.1) is 6.54 Å². The molecule has 1 aromatic carbocycles. The Morgan fingerprint density at radius 3 is 2.89 bits per heavy atom. The van der Waals surface area contributed by atoms with Gasteiger partial charge in [-0.2, -0.15) is 11.3 Å². The molecule has 8 heteroatoms. The molecule has 0 aliphatic carbocycles. The third-order valence-corrected chi connectivity index (χ3v) is 5.29. The molecule has 1 aliphatic rings. The molecule has 1 fully saturated rings. The van der Waals surface area contributed by atoms with Crippen LogP contribution in [0.2, 0.25) is 0 Å². The van der Waals surface area contributed by atoms with Crippen molar-refractivity contribution in [1.82, 2.24) is 10.6 Å². The molecule has 2 atom stereocenters. The third-order valence-electron chi connectivity index (χ3n) is 4.61. The van der Waals surface area contributed by atoms with Crippen LogP contribution in [0.4, 0.5) is 10.5 Å². The Labute approximate surface area is 168 Å². The van der Waals surface area contributed by atoms with Crippen LogP contribution in [-0.2, 0) is 21.7 Å². The van der Waals surface area contributed by atoms with Gasteiger partial charge in [0.2, 0.25) is 0 Å². The van der Waals surface area contributed by atoms with Crippen LogP contribution in [0.5, 0.6) is 0 Å². The molecule has 4 N–H and O–H groups in total. The minimum Gasteiger partial charge on any atom is -0.384 e. The number of anilines is 1. The van der Waals surface area contributed by atoms with Gasteiger partial charge in [0, 0.05) is 18.8 Å². The molecule has 2 unspecified atom stereocenters. The zero-order valence-corrected chi connectivity index (χ0v) is 16.6. The van der Waals surface area contributed by atoms with Crippen LogP contribution in [0.25, 0.3) is 0 Å². The van der Waals surface area contributed by atoms with E-state index in [1.54, 1.807) is 13.0 Å². The summed E-state index contributed by atoms with van der Waals surface area (Å²) in [4.78, 5) is 24.2. The minimum atomic E-state index is -1.12. The predicted molar refractivity (Wildman–Crippen MR) is 108 cm³/mol. The van der Waals surface area contributed by atoms with Crippen LogP contribution < -0.4 is 16.0 Å². The van der Waals surface area contributed by atoms with Gasteiger partial charge < -0.3 is 25.8 Å². The number of amides is 3. The van der Waals surface area contributed by atoms with Gasteiger partial charge in [-0.15, -0.1) is 0 Å². The zero-order chi connectivity index (χ0) is 20.0. The van der Waals surface area contributed by atoms with Crippen molar-refractivity contribution in [3.63, 3.8) is 0 Å². The normalized spacial score (nSPS) is 18.3. The highest BCUT2D eigenvalue weighted by Gasteiger charge is 2.24. The smallest absolute Gasteiger partial charge is 0.315 e. The van der Waals surface area contributed by atoms with Crippen LogP contribution in [0.1, 0.15) is 30.9 Å². The van der Waals surface area contributed by atoms with Gasteiger partial charge in [0.15, 0.2) is 0 Å². The quantitative estimate of drug-likeness (QED) is 0.571. The number of ether oxygens (including phenoxy) is 1. The van der Waals surface area contributed by atoms with E-state index in [9.17, 15) is 14.7 Å². The van der Waals surface area contributed by atoms with E-state index in [1.807, 2.05) is 35.0 Å². The number of hydrogen-bond donors (Lipinski definition) is 4. The summed E-state index contributed by atoms with van der Waals surface area (Å²) < 4.78 is 5.38. The highest BCUT2D eigenvalue weighted by molar-refractivity contribution is 7.08. The van der Waals surface area contributed by atoms with Gasteiger partial charge in [-0.3, -0.25) is 4.79 Å². The number of carbonyl (C=O) groups excluding carboxylic acids is 2. The van der Waals surface area contributed by atoms with Gasteiger partial charge in [0.1, 0.15) is 11.7 Å². The molecule has 0 saturated carbocycles. The van der Waals surface area contributed by atoms with Crippen LogP contribution in [0, 0.1) is 0 Å². The topological polar surface area (TPSA) is 99.7 Å². The summed E-state index contributed by atoms with van der Waals surface area (Å²) in [6.07, 6.45) is 1.25. The molecule has 1 saturated heterocycles. The number of aliphatic hydroxyl groups is 1. The Kier molecular flexibility index (Phi) is 6.66. The summed E-state index contributed by atoms with van der Waals surface area (Å²) in [5.74, 6) is -0.143. The van der Waals surface area contributed by atoms with E-state index in [-0.39, 0.29) is 24.6 Å². The lowest BCUT2D eigenvalue weighted by atomic mass is 9.99. The number of rotatable bonds is 7.